The molecule has 0 aromatic heterocycles. The Hall–Kier alpha value is -3.62. The Bertz CT molecular complexity index is 1170. The van der Waals surface area contributed by atoms with Gasteiger partial charge in [-0.15, -0.1) is 0 Å². The highest BCUT2D eigenvalue weighted by Gasteiger charge is 2.45. The average molecular weight is 535 g/mol. The summed E-state index contributed by atoms with van der Waals surface area (Å²) in [5, 5.41) is 11.4. The molecule has 0 radical (unpaired) electrons. The van der Waals surface area contributed by atoms with Crippen molar-refractivity contribution in [2.75, 3.05) is 52.6 Å². The fraction of sp³-hybridized carbons (Fsp3) is 0.419. The third kappa shape index (κ3) is 7.07. The number of unbranched alkanes of at least 4 members (excludes halogenated alkanes) is 1. The summed E-state index contributed by atoms with van der Waals surface area (Å²) in [6.45, 7) is 11.0. The molecule has 2 aliphatic rings. The van der Waals surface area contributed by atoms with Gasteiger partial charge in [0.05, 0.1) is 31.4 Å². The van der Waals surface area contributed by atoms with Crippen LogP contribution in [0.3, 0.4) is 0 Å². The molecular weight excluding hydrogens is 496 g/mol. The third-order valence-electron chi connectivity index (χ3n) is 6.95. The van der Waals surface area contributed by atoms with Crippen LogP contribution in [0.1, 0.15) is 43.4 Å². The molecule has 0 saturated carbocycles. The number of ketones is 1. The van der Waals surface area contributed by atoms with E-state index in [0.717, 1.165) is 38.0 Å². The summed E-state index contributed by atoms with van der Waals surface area (Å²) in [5.74, 6) is -0.242. The van der Waals surface area contributed by atoms with Gasteiger partial charge in [-0.05, 0) is 42.7 Å². The number of benzene rings is 2. The fourth-order valence-corrected chi connectivity index (χ4v) is 4.87. The summed E-state index contributed by atoms with van der Waals surface area (Å²) in [5.41, 5.74) is 1.24. The number of likely N-dealkylation sites (tertiary alicyclic amines) is 1. The molecule has 1 amide bonds. The Kier molecular flexibility index (Phi) is 10.2. The molecule has 2 aliphatic heterocycles. The molecular formula is C31H38N2O6. The molecule has 39 heavy (non-hydrogen) atoms. The van der Waals surface area contributed by atoms with Crippen LogP contribution in [0, 0.1) is 0 Å². The zero-order chi connectivity index (χ0) is 27.6. The smallest absolute Gasteiger partial charge is 0.295 e. The Morgan fingerprint density at radius 1 is 1.05 bits per heavy atom. The molecule has 1 atom stereocenters. The molecule has 0 spiro atoms. The second-order valence-electron chi connectivity index (χ2n) is 9.70. The van der Waals surface area contributed by atoms with Gasteiger partial charge >= 0.3 is 0 Å². The lowest BCUT2D eigenvalue weighted by Gasteiger charge is -2.29. The summed E-state index contributed by atoms with van der Waals surface area (Å²) in [4.78, 5) is 30.6. The maximum Gasteiger partial charge on any atom is 0.295 e. The van der Waals surface area contributed by atoms with Crippen LogP contribution < -0.4 is 9.47 Å². The van der Waals surface area contributed by atoms with Crippen LogP contribution in [0.5, 0.6) is 11.5 Å². The van der Waals surface area contributed by atoms with Crippen molar-refractivity contribution >= 4 is 17.4 Å². The first-order valence-electron chi connectivity index (χ1n) is 13.7. The molecule has 2 saturated heterocycles. The van der Waals surface area contributed by atoms with Crippen LogP contribution in [0.4, 0.5) is 0 Å². The van der Waals surface area contributed by atoms with Crippen LogP contribution in [0.25, 0.3) is 5.76 Å². The van der Waals surface area contributed by atoms with Crippen molar-refractivity contribution in [1.29, 1.82) is 0 Å². The number of Topliss-reactive ketones (excluding diaryl/α,β-unsaturated/α-hetero) is 1. The number of hydrogen-bond acceptors (Lipinski definition) is 7. The van der Waals surface area contributed by atoms with E-state index in [-0.39, 0.29) is 11.3 Å². The topological polar surface area (TPSA) is 88.5 Å². The predicted molar refractivity (Wildman–Crippen MR) is 150 cm³/mol. The second-order valence-corrected chi connectivity index (χ2v) is 9.70. The van der Waals surface area contributed by atoms with Gasteiger partial charge in [0, 0.05) is 31.7 Å². The zero-order valence-electron chi connectivity index (χ0n) is 22.6. The molecule has 208 valence electrons. The molecule has 4 rings (SSSR count). The molecule has 1 N–H and O–H groups in total. The highest BCUT2D eigenvalue weighted by molar-refractivity contribution is 6.46. The van der Waals surface area contributed by atoms with Gasteiger partial charge in [0.25, 0.3) is 11.7 Å². The summed E-state index contributed by atoms with van der Waals surface area (Å²) >= 11 is 0. The molecule has 2 heterocycles. The third-order valence-corrected chi connectivity index (χ3v) is 6.95. The summed E-state index contributed by atoms with van der Waals surface area (Å²) < 4.78 is 16.8. The zero-order valence-corrected chi connectivity index (χ0v) is 22.6. The van der Waals surface area contributed by atoms with Crippen molar-refractivity contribution < 1.29 is 28.9 Å². The molecule has 0 aliphatic carbocycles. The maximum atomic E-state index is 13.4. The molecule has 1 unspecified atom stereocenters. The van der Waals surface area contributed by atoms with Crippen LogP contribution >= 0.6 is 0 Å². The number of ether oxygens (including phenoxy) is 3. The molecule has 0 bridgehead atoms. The minimum atomic E-state index is -0.715. The summed E-state index contributed by atoms with van der Waals surface area (Å²) in [6, 6.07) is 13.6. The van der Waals surface area contributed by atoms with Gasteiger partial charge in [-0.1, -0.05) is 50.3 Å². The van der Waals surface area contributed by atoms with Gasteiger partial charge < -0.3 is 24.2 Å². The van der Waals surface area contributed by atoms with Gasteiger partial charge in [0.1, 0.15) is 23.9 Å². The maximum absolute atomic E-state index is 13.4. The van der Waals surface area contributed by atoms with E-state index in [2.05, 4.69) is 18.4 Å². The summed E-state index contributed by atoms with van der Waals surface area (Å²) in [6.07, 6.45) is 4.28. The number of rotatable bonds is 13. The lowest BCUT2D eigenvalue weighted by molar-refractivity contribution is -0.140. The second kappa shape index (κ2) is 14.0. The first-order valence-corrected chi connectivity index (χ1v) is 13.7. The van der Waals surface area contributed by atoms with Crippen molar-refractivity contribution in [3.63, 3.8) is 0 Å². The normalized spacial score (nSPS) is 19.3. The predicted octanol–water partition coefficient (Wildman–Crippen LogP) is 4.57. The number of nitrogens with zero attached hydrogens (tertiary/aromatic N) is 2. The van der Waals surface area contributed by atoms with Crippen LogP contribution in [0.15, 0.2) is 66.8 Å². The van der Waals surface area contributed by atoms with Gasteiger partial charge in [0.2, 0.25) is 0 Å². The molecule has 8 nitrogen and oxygen atoms in total. The molecule has 8 heteroatoms. The van der Waals surface area contributed by atoms with Crippen molar-refractivity contribution in [1.82, 2.24) is 9.80 Å². The Morgan fingerprint density at radius 2 is 1.82 bits per heavy atom. The van der Waals surface area contributed by atoms with E-state index >= 15 is 0 Å². The monoisotopic (exact) mass is 534 g/mol. The van der Waals surface area contributed by atoms with E-state index in [4.69, 9.17) is 14.2 Å². The van der Waals surface area contributed by atoms with Crippen molar-refractivity contribution in [2.45, 2.75) is 32.2 Å². The van der Waals surface area contributed by atoms with Crippen molar-refractivity contribution in [3.8, 4) is 11.5 Å². The van der Waals surface area contributed by atoms with Gasteiger partial charge in [-0.2, -0.15) is 0 Å². The Balaban J connectivity index is 1.64. The number of aliphatic hydroxyl groups is 1. The largest absolute Gasteiger partial charge is 0.507 e. The van der Waals surface area contributed by atoms with E-state index in [1.54, 1.807) is 41.3 Å². The quantitative estimate of drug-likeness (QED) is 0.132. The fourth-order valence-electron chi connectivity index (χ4n) is 4.87. The van der Waals surface area contributed by atoms with E-state index in [1.165, 1.54) is 0 Å². The van der Waals surface area contributed by atoms with E-state index in [0.29, 0.717) is 56.5 Å². The highest BCUT2D eigenvalue weighted by atomic mass is 16.5. The highest BCUT2D eigenvalue weighted by Crippen LogP contribution is 2.40. The standard InChI is InChI=1S/C31H38N2O6/c1-3-5-19-39-26-9-6-8-24(22-26)29(34)27-28(23-10-12-25(13-11-23)38-18-4-2)33(31(36)30(27)35)15-7-14-32-16-20-37-21-17-32/h4,6,8-13,22,28,34H,2-3,5,7,14-21H2,1H3. The van der Waals surface area contributed by atoms with Gasteiger partial charge in [-0.25, -0.2) is 0 Å². The van der Waals surface area contributed by atoms with Crippen LogP contribution in [0.2, 0.25) is 0 Å². The van der Waals surface area contributed by atoms with E-state index < -0.39 is 17.7 Å². The Labute approximate surface area is 230 Å². The van der Waals surface area contributed by atoms with E-state index in [9.17, 15) is 14.7 Å². The van der Waals surface area contributed by atoms with Crippen LogP contribution in [-0.4, -0.2) is 79.2 Å². The number of amides is 1. The van der Waals surface area contributed by atoms with Crippen molar-refractivity contribution in [3.05, 3.63) is 77.9 Å². The minimum Gasteiger partial charge on any atom is -0.507 e. The van der Waals surface area contributed by atoms with Gasteiger partial charge in [0.15, 0.2) is 0 Å². The van der Waals surface area contributed by atoms with Crippen LogP contribution in [-0.2, 0) is 14.3 Å². The Morgan fingerprint density at radius 3 is 2.54 bits per heavy atom. The molecule has 2 aromatic rings. The SMILES string of the molecule is C=CCOc1ccc(C2C(=C(O)c3cccc(OCCCC)c3)C(=O)C(=O)N2CCCN2CCOCC2)cc1. The first-order chi connectivity index (χ1) is 19.0. The lowest BCUT2D eigenvalue weighted by Crippen LogP contribution is -2.38. The molecule has 2 fully saturated rings. The number of carbonyl (C=O) groups excluding carboxylic acids is 2. The number of aliphatic hydroxyl groups excluding tert-OH is 1. The molecule has 2 aromatic carbocycles. The lowest BCUT2D eigenvalue weighted by atomic mass is 9.95. The average Bonchev–Trinajstić information content (AvgIpc) is 3.22. The number of morpholine rings is 1. The number of carbonyl (C=O) groups is 2. The van der Waals surface area contributed by atoms with Crippen molar-refractivity contribution in [2.24, 2.45) is 0 Å². The van der Waals surface area contributed by atoms with E-state index in [1.807, 2.05) is 18.2 Å². The first kappa shape index (κ1) is 28.4. The minimum absolute atomic E-state index is 0.0804. The number of hydrogen-bond donors (Lipinski definition) is 1. The summed E-state index contributed by atoms with van der Waals surface area (Å²) in [7, 11) is 0. The van der Waals surface area contributed by atoms with Gasteiger partial charge in [-0.3, -0.25) is 14.5 Å².